The average molecular weight is 390 g/mol. The quantitative estimate of drug-likeness (QED) is 0.401. The molecule has 2 aliphatic rings. The Bertz CT molecular complexity index is 1260. The van der Waals surface area contributed by atoms with E-state index in [1.807, 2.05) is 18.2 Å². The summed E-state index contributed by atoms with van der Waals surface area (Å²) in [5.74, 6) is 5.23. The Morgan fingerprint density at radius 3 is 2.66 bits per heavy atom. The molecule has 0 spiro atoms. The summed E-state index contributed by atoms with van der Waals surface area (Å²) in [7, 11) is 0. The number of hydrogen-bond acceptors (Lipinski definition) is 5. The number of para-hydroxylation sites is 1. The molecule has 29 heavy (non-hydrogen) atoms. The van der Waals surface area contributed by atoms with Gasteiger partial charge < -0.3 is 9.67 Å². The van der Waals surface area contributed by atoms with E-state index in [9.17, 15) is 14.7 Å². The molecule has 0 radical (unpaired) electrons. The third kappa shape index (κ3) is 2.22. The second-order valence-electron chi connectivity index (χ2n) is 7.75. The summed E-state index contributed by atoms with van der Waals surface area (Å²) in [6, 6.07) is 9.72. The Morgan fingerprint density at radius 1 is 1.17 bits per heavy atom. The largest absolute Gasteiger partial charge is 0.375 e. The van der Waals surface area contributed by atoms with Crippen LogP contribution in [0, 0.1) is 0 Å². The van der Waals surface area contributed by atoms with Crippen molar-refractivity contribution in [3.05, 3.63) is 62.9 Å². The lowest BCUT2D eigenvalue weighted by Crippen LogP contribution is -2.55. The van der Waals surface area contributed by atoms with Gasteiger partial charge in [-0.2, -0.15) is 0 Å². The fourth-order valence-corrected chi connectivity index (χ4v) is 4.76. The van der Waals surface area contributed by atoms with Crippen LogP contribution in [0.25, 0.3) is 22.3 Å². The molecule has 7 nitrogen and oxygen atoms in total. The summed E-state index contributed by atoms with van der Waals surface area (Å²) in [6.07, 6.45) is 0.954. The van der Waals surface area contributed by atoms with Gasteiger partial charge in [-0.1, -0.05) is 32.0 Å². The van der Waals surface area contributed by atoms with E-state index >= 15 is 0 Å². The number of hydrogen-bond donors (Lipinski definition) is 2. The van der Waals surface area contributed by atoms with E-state index in [2.05, 4.69) is 13.0 Å². The average Bonchev–Trinajstić information content (AvgIpc) is 3.10. The third-order valence-corrected chi connectivity index (χ3v) is 6.32. The van der Waals surface area contributed by atoms with Gasteiger partial charge in [0.05, 0.1) is 30.0 Å². The highest BCUT2D eigenvalue weighted by Crippen LogP contribution is 2.40. The van der Waals surface area contributed by atoms with Crippen LogP contribution < -0.4 is 11.4 Å². The lowest BCUT2D eigenvalue weighted by atomic mass is 9.83. The van der Waals surface area contributed by atoms with E-state index in [4.69, 9.17) is 10.8 Å². The minimum absolute atomic E-state index is 0.0119. The number of benzene rings is 1. The highest BCUT2D eigenvalue weighted by molar-refractivity contribution is 5.90. The van der Waals surface area contributed by atoms with Crippen LogP contribution >= 0.6 is 0 Å². The standard InChI is InChI=1S/C22H22N4O3/c1-3-12-13-7-5-6-8-17(13)24-19-14(12)10-25-18(19)9-16-15(20(25)27)11-26(23)21(28)22(16,29)4-2/h5-9,29H,3-4,10-11,23H2,1-2H3. The topological polar surface area (TPSA) is 101 Å². The zero-order chi connectivity index (χ0) is 20.5. The number of hydrazine groups is 1. The van der Waals surface area contributed by atoms with Crippen molar-refractivity contribution in [1.82, 2.24) is 14.6 Å². The van der Waals surface area contributed by atoms with Crippen molar-refractivity contribution in [2.24, 2.45) is 5.84 Å². The maximum atomic E-state index is 13.4. The van der Waals surface area contributed by atoms with Crippen molar-refractivity contribution in [2.45, 2.75) is 45.4 Å². The predicted octanol–water partition coefficient (Wildman–Crippen LogP) is 1.80. The molecule has 7 heteroatoms. The molecule has 5 rings (SSSR count). The van der Waals surface area contributed by atoms with Gasteiger partial charge >= 0.3 is 0 Å². The Labute approximate surface area is 167 Å². The molecule has 0 fully saturated rings. The second-order valence-corrected chi connectivity index (χ2v) is 7.75. The number of rotatable bonds is 2. The molecule has 4 heterocycles. The first kappa shape index (κ1) is 18.0. The van der Waals surface area contributed by atoms with Gasteiger partial charge in [-0.05, 0) is 30.5 Å². The molecule has 2 aliphatic heterocycles. The summed E-state index contributed by atoms with van der Waals surface area (Å²) in [6.45, 7) is 4.23. The molecule has 0 saturated heterocycles. The van der Waals surface area contributed by atoms with Gasteiger partial charge in [0.15, 0.2) is 5.60 Å². The van der Waals surface area contributed by atoms with Crippen LogP contribution in [0.2, 0.25) is 0 Å². The van der Waals surface area contributed by atoms with Gasteiger partial charge in [-0.15, -0.1) is 0 Å². The number of aliphatic hydroxyl groups is 1. The molecule has 3 aromatic rings. The van der Waals surface area contributed by atoms with Gasteiger partial charge in [0, 0.05) is 22.1 Å². The monoisotopic (exact) mass is 390 g/mol. The SMILES string of the molecule is CCc1c2c(nc3ccccc13)-c1cc3c(c(=O)n1C2)CN(N)C(=O)C3(O)CC. The van der Waals surface area contributed by atoms with Crippen molar-refractivity contribution >= 4 is 16.8 Å². The first-order valence-corrected chi connectivity index (χ1v) is 9.87. The summed E-state index contributed by atoms with van der Waals surface area (Å²) >= 11 is 0. The molecular weight excluding hydrogens is 368 g/mol. The number of carbonyl (C=O) groups is 1. The van der Waals surface area contributed by atoms with Gasteiger partial charge in [0.25, 0.3) is 11.5 Å². The fraction of sp³-hybridized carbons (Fsp3) is 0.318. The van der Waals surface area contributed by atoms with Crippen LogP contribution in [-0.4, -0.2) is 25.6 Å². The van der Waals surface area contributed by atoms with E-state index in [0.717, 1.165) is 33.6 Å². The molecule has 148 valence electrons. The smallest absolute Gasteiger partial charge is 0.273 e. The third-order valence-electron chi connectivity index (χ3n) is 6.32. The van der Waals surface area contributed by atoms with Crippen LogP contribution in [0.4, 0.5) is 0 Å². The maximum Gasteiger partial charge on any atom is 0.273 e. The molecule has 0 saturated carbocycles. The first-order chi connectivity index (χ1) is 13.9. The van der Waals surface area contributed by atoms with Crippen LogP contribution in [0.5, 0.6) is 0 Å². The minimum Gasteiger partial charge on any atom is -0.375 e. The Kier molecular flexibility index (Phi) is 3.72. The fourth-order valence-electron chi connectivity index (χ4n) is 4.76. The van der Waals surface area contributed by atoms with E-state index in [-0.39, 0.29) is 18.5 Å². The number of amides is 1. The molecule has 0 aliphatic carbocycles. The van der Waals surface area contributed by atoms with E-state index in [0.29, 0.717) is 23.4 Å². The number of nitrogens with two attached hydrogens (primary N) is 1. The highest BCUT2D eigenvalue weighted by atomic mass is 16.3. The Hall–Kier alpha value is -3.03. The summed E-state index contributed by atoms with van der Waals surface area (Å²) in [5, 5.41) is 13.1. The zero-order valence-corrected chi connectivity index (χ0v) is 16.4. The van der Waals surface area contributed by atoms with Crippen molar-refractivity contribution in [1.29, 1.82) is 0 Å². The number of pyridine rings is 2. The molecule has 1 aromatic carbocycles. The van der Waals surface area contributed by atoms with Crippen molar-refractivity contribution < 1.29 is 9.90 Å². The number of fused-ring (bicyclic) bond motifs is 5. The molecule has 0 bridgehead atoms. The van der Waals surface area contributed by atoms with E-state index in [1.165, 1.54) is 5.56 Å². The molecule has 1 unspecified atom stereocenters. The second kappa shape index (κ2) is 5.98. The molecule has 2 aromatic heterocycles. The highest BCUT2D eigenvalue weighted by Gasteiger charge is 2.46. The van der Waals surface area contributed by atoms with Crippen LogP contribution in [-0.2, 0) is 29.9 Å². The summed E-state index contributed by atoms with van der Waals surface area (Å²) in [4.78, 5) is 30.8. The van der Waals surface area contributed by atoms with E-state index in [1.54, 1.807) is 17.6 Å². The van der Waals surface area contributed by atoms with Gasteiger partial charge in [-0.25, -0.2) is 10.8 Å². The van der Waals surface area contributed by atoms with Gasteiger partial charge in [0.2, 0.25) is 0 Å². The van der Waals surface area contributed by atoms with Crippen molar-refractivity contribution in [2.75, 3.05) is 0 Å². The number of carbonyl (C=O) groups excluding carboxylic acids is 1. The number of aromatic nitrogens is 2. The van der Waals surface area contributed by atoms with Gasteiger partial charge in [-0.3, -0.25) is 14.6 Å². The van der Waals surface area contributed by atoms with Crippen LogP contribution in [0.3, 0.4) is 0 Å². The molecule has 1 atom stereocenters. The van der Waals surface area contributed by atoms with Crippen LogP contribution in [0.15, 0.2) is 35.1 Å². The lowest BCUT2D eigenvalue weighted by molar-refractivity contribution is -0.156. The molecule has 1 amide bonds. The van der Waals surface area contributed by atoms with Crippen molar-refractivity contribution in [3.63, 3.8) is 0 Å². The van der Waals surface area contributed by atoms with Crippen molar-refractivity contribution in [3.8, 4) is 11.4 Å². The molecule has 3 N–H and O–H groups in total. The number of aryl methyl sites for hydroxylation is 1. The minimum atomic E-state index is -1.80. The lowest BCUT2D eigenvalue weighted by Gasteiger charge is -2.37. The molecular formula is C22H22N4O3. The number of nitrogens with zero attached hydrogens (tertiary/aromatic N) is 3. The van der Waals surface area contributed by atoms with E-state index < -0.39 is 11.5 Å². The van der Waals surface area contributed by atoms with Crippen LogP contribution in [0.1, 0.15) is 42.5 Å². The Morgan fingerprint density at radius 2 is 1.93 bits per heavy atom. The summed E-state index contributed by atoms with van der Waals surface area (Å²) < 4.78 is 1.69. The first-order valence-electron chi connectivity index (χ1n) is 9.87. The predicted molar refractivity (Wildman–Crippen MR) is 109 cm³/mol. The zero-order valence-electron chi connectivity index (χ0n) is 16.4. The normalized spacial score (nSPS) is 20.0. The maximum absolute atomic E-state index is 13.4. The van der Waals surface area contributed by atoms with Gasteiger partial charge in [0.1, 0.15) is 0 Å². The Balaban J connectivity index is 1.84. The summed E-state index contributed by atoms with van der Waals surface area (Å²) in [5.41, 5.74) is 3.17.